The topological polar surface area (TPSA) is 56.8 Å². The molecule has 0 spiro atoms. The van der Waals surface area contributed by atoms with Crippen LogP contribution in [0.15, 0.2) is 36.4 Å². The Morgan fingerprint density at radius 2 is 2.04 bits per heavy atom. The third-order valence-electron chi connectivity index (χ3n) is 3.29. The molecule has 0 saturated heterocycles. The lowest BCUT2D eigenvalue weighted by molar-refractivity contribution is 0.102. The quantitative estimate of drug-likeness (QED) is 0.925. The number of halogens is 1. The molecule has 0 aliphatic carbocycles. The van der Waals surface area contributed by atoms with Crippen LogP contribution in [0, 0.1) is 0 Å². The normalized spacial score (nSPS) is 12.6. The summed E-state index contributed by atoms with van der Waals surface area (Å²) in [5, 5.41) is 3.18. The van der Waals surface area contributed by atoms with Crippen molar-refractivity contribution in [2.75, 3.05) is 25.1 Å². The predicted octanol–water partition coefficient (Wildman–Crippen LogP) is 3.76. The maximum atomic E-state index is 12.5. The highest BCUT2D eigenvalue weighted by Crippen LogP contribution is 2.38. The summed E-state index contributed by atoms with van der Waals surface area (Å²) in [7, 11) is 0. The largest absolute Gasteiger partial charge is 0.492 e. The van der Waals surface area contributed by atoms with E-state index < -0.39 is 0 Å². The van der Waals surface area contributed by atoms with Gasteiger partial charge in [0.25, 0.3) is 5.91 Å². The Bertz CT molecular complexity index is 733. The first-order valence-electron chi connectivity index (χ1n) is 7.31. The van der Waals surface area contributed by atoms with Crippen molar-refractivity contribution in [2.45, 2.75) is 6.92 Å². The molecule has 6 heteroatoms. The smallest absolute Gasteiger partial charge is 0.255 e. The first-order valence-corrected chi connectivity index (χ1v) is 7.69. The number of benzene rings is 2. The second-order valence-electron chi connectivity index (χ2n) is 4.87. The van der Waals surface area contributed by atoms with Crippen LogP contribution in [0.3, 0.4) is 0 Å². The van der Waals surface area contributed by atoms with Crippen LogP contribution in [0.2, 0.25) is 5.02 Å². The van der Waals surface area contributed by atoms with Crippen molar-refractivity contribution in [2.24, 2.45) is 0 Å². The van der Waals surface area contributed by atoms with Gasteiger partial charge >= 0.3 is 0 Å². The SMILES string of the molecule is CCOc1ccccc1NC(=O)c1cc(Cl)c2c(c1)OCCO2. The van der Waals surface area contributed by atoms with Crippen molar-refractivity contribution in [1.82, 2.24) is 0 Å². The molecular formula is C17H16ClNO4. The van der Waals surface area contributed by atoms with Crippen molar-refractivity contribution in [3.63, 3.8) is 0 Å². The van der Waals surface area contributed by atoms with E-state index in [9.17, 15) is 4.79 Å². The van der Waals surface area contributed by atoms with E-state index in [1.54, 1.807) is 24.3 Å². The van der Waals surface area contributed by atoms with Gasteiger partial charge in [-0.15, -0.1) is 0 Å². The summed E-state index contributed by atoms with van der Waals surface area (Å²) < 4.78 is 16.4. The van der Waals surface area contributed by atoms with Crippen molar-refractivity contribution in [3.8, 4) is 17.2 Å². The summed E-state index contributed by atoms with van der Waals surface area (Å²) in [6.07, 6.45) is 0. The number of carbonyl (C=O) groups excluding carboxylic acids is 1. The van der Waals surface area contributed by atoms with E-state index in [1.807, 2.05) is 19.1 Å². The monoisotopic (exact) mass is 333 g/mol. The molecular weight excluding hydrogens is 318 g/mol. The Balaban J connectivity index is 1.85. The second kappa shape index (κ2) is 6.79. The number of nitrogens with one attached hydrogen (secondary N) is 1. The van der Waals surface area contributed by atoms with Crippen LogP contribution in [0.5, 0.6) is 17.2 Å². The molecule has 1 heterocycles. The van der Waals surface area contributed by atoms with E-state index in [-0.39, 0.29) is 5.91 Å². The van der Waals surface area contributed by atoms with Gasteiger partial charge in [0.1, 0.15) is 19.0 Å². The third-order valence-corrected chi connectivity index (χ3v) is 3.57. The van der Waals surface area contributed by atoms with Gasteiger partial charge in [0.05, 0.1) is 17.3 Å². The van der Waals surface area contributed by atoms with Crippen LogP contribution >= 0.6 is 11.6 Å². The van der Waals surface area contributed by atoms with Crippen molar-refractivity contribution >= 4 is 23.2 Å². The lowest BCUT2D eigenvalue weighted by Gasteiger charge is -2.20. The van der Waals surface area contributed by atoms with Crippen molar-refractivity contribution < 1.29 is 19.0 Å². The number of rotatable bonds is 4. The number of anilines is 1. The van der Waals surface area contributed by atoms with Crippen LogP contribution < -0.4 is 19.5 Å². The Morgan fingerprint density at radius 1 is 1.26 bits per heavy atom. The zero-order chi connectivity index (χ0) is 16.2. The van der Waals surface area contributed by atoms with Crippen LogP contribution in [0.4, 0.5) is 5.69 Å². The summed E-state index contributed by atoms with van der Waals surface area (Å²) >= 11 is 6.17. The van der Waals surface area contributed by atoms with Gasteiger partial charge in [-0.05, 0) is 31.2 Å². The number of fused-ring (bicyclic) bond motifs is 1. The summed E-state index contributed by atoms with van der Waals surface area (Å²) in [5.74, 6) is 1.28. The van der Waals surface area contributed by atoms with Crippen molar-refractivity contribution in [1.29, 1.82) is 0 Å². The fourth-order valence-electron chi connectivity index (χ4n) is 2.29. The Labute approximate surface area is 139 Å². The van der Waals surface area contributed by atoms with Crippen LogP contribution in [0.25, 0.3) is 0 Å². The molecule has 0 aromatic heterocycles. The molecule has 5 nitrogen and oxygen atoms in total. The molecule has 23 heavy (non-hydrogen) atoms. The Kier molecular flexibility index (Phi) is 4.57. The first kappa shape index (κ1) is 15.5. The molecule has 0 bridgehead atoms. The van der Waals surface area contributed by atoms with Gasteiger partial charge in [0, 0.05) is 5.56 Å². The number of ether oxygens (including phenoxy) is 3. The van der Waals surface area contributed by atoms with Gasteiger partial charge in [0.15, 0.2) is 11.5 Å². The number of hydrogen-bond acceptors (Lipinski definition) is 4. The number of hydrogen-bond donors (Lipinski definition) is 1. The summed E-state index contributed by atoms with van der Waals surface area (Å²) in [6, 6.07) is 10.4. The summed E-state index contributed by atoms with van der Waals surface area (Å²) in [6.45, 7) is 3.28. The molecule has 1 N–H and O–H groups in total. The molecule has 0 fully saturated rings. The second-order valence-corrected chi connectivity index (χ2v) is 5.27. The van der Waals surface area contributed by atoms with Crippen LogP contribution in [-0.4, -0.2) is 25.7 Å². The van der Waals surface area contributed by atoms with Gasteiger partial charge in [-0.1, -0.05) is 23.7 Å². The molecule has 0 unspecified atom stereocenters. The first-order chi connectivity index (χ1) is 11.2. The minimum Gasteiger partial charge on any atom is -0.492 e. The van der Waals surface area contributed by atoms with E-state index in [2.05, 4.69) is 5.32 Å². The molecule has 0 atom stereocenters. The number of para-hydroxylation sites is 2. The highest BCUT2D eigenvalue weighted by Gasteiger charge is 2.19. The molecule has 3 rings (SSSR count). The number of amides is 1. The van der Waals surface area contributed by atoms with Gasteiger partial charge in [0.2, 0.25) is 0 Å². The molecule has 1 amide bonds. The van der Waals surface area contributed by atoms with Crippen molar-refractivity contribution in [3.05, 3.63) is 47.0 Å². The van der Waals surface area contributed by atoms with E-state index in [0.29, 0.717) is 53.3 Å². The molecule has 1 aliphatic rings. The minimum atomic E-state index is -0.295. The van der Waals surface area contributed by atoms with Gasteiger partial charge < -0.3 is 19.5 Å². The average molecular weight is 334 g/mol. The van der Waals surface area contributed by atoms with Crippen LogP contribution in [-0.2, 0) is 0 Å². The lowest BCUT2D eigenvalue weighted by Crippen LogP contribution is -2.18. The fourth-order valence-corrected chi connectivity index (χ4v) is 2.55. The zero-order valence-electron chi connectivity index (χ0n) is 12.6. The molecule has 0 radical (unpaired) electrons. The zero-order valence-corrected chi connectivity index (χ0v) is 13.4. The molecule has 2 aromatic rings. The molecule has 1 aliphatic heterocycles. The van der Waals surface area contributed by atoms with Gasteiger partial charge in [-0.25, -0.2) is 0 Å². The summed E-state index contributed by atoms with van der Waals surface area (Å²) in [5.41, 5.74) is 0.996. The van der Waals surface area contributed by atoms with Gasteiger partial charge in [-0.2, -0.15) is 0 Å². The fraction of sp³-hybridized carbons (Fsp3) is 0.235. The standard InChI is InChI=1S/C17H16ClNO4/c1-2-21-14-6-4-3-5-13(14)19-17(20)11-9-12(18)16-15(10-11)22-7-8-23-16/h3-6,9-10H,2,7-8H2,1H3,(H,19,20). The summed E-state index contributed by atoms with van der Waals surface area (Å²) in [4.78, 5) is 12.5. The Morgan fingerprint density at radius 3 is 2.87 bits per heavy atom. The van der Waals surface area contributed by atoms with Crippen LogP contribution in [0.1, 0.15) is 17.3 Å². The lowest BCUT2D eigenvalue weighted by atomic mass is 10.1. The van der Waals surface area contributed by atoms with E-state index >= 15 is 0 Å². The maximum absolute atomic E-state index is 12.5. The van der Waals surface area contributed by atoms with E-state index in [4.69, 9.17) is 25.8 Å². The number of carbonyl (C=O) groups is 1. The van der Waals surface area contributed by atoms with E-state index in [0.717, 1.165) is 0 Å². The van der Waals surface area contributed by atoms with Gasteiger partial charge in [-0.3, -0.25) is 4.79 Å². The predicted molar refractivity (Wildman–Crippen MR) is 88.0 cm³/mol. The molecule has 2 aromatic carbocycles. The highest BCUT2D eigenvalue weighted by molar-refractivity contribution is 6.32. The molecule has 0 saturated carbocycles. The van der Waals surface area contributed by atoms with E-state index in [1.165, 1.54) is 0 Å². The minimum absolute atomic E-state index is 0.295. The third kappa shape index (κ3) is 3.35. The average Bonchev–Trinajstić information content (AvgIpc) is 2.57. The maximum Gasteiger partial charge on any atom is 0.255 e. The molecule has 120 valence electrons. The highest BCUT2D eigenvalue weighted by atomic mass is 35.5. The Hall–Kier alpha value is -2.40.